The number of H-pyrrole nitrogens is 1. The molecule has 2 aromatic rings. The minimum Gasteiger partial charge on any atom is -0.394 e. The van der Waals surface area contributed by atoms with Gasteiger partial charge < -0.3 is 25.1 Å². The van der Waals surface area contributed by atoms with Crippen LogP contribution in [0.5, 0.6) is 0 Å². The summed E-state index contributed by atoms with van der Waals surface area (Å²) in [4.78, 5) is 39.5. The number of nitro groups is 1. The lowest BCUT2D eigenvalue weighted by Crippen LogP contribution is -2.34. The van der Waals surface area contributed by atoms with Crippen molar-refractivity contribution >= 4 is 5.82 Å². The Morgan fingerprint density at radius 3 is 2.79 bits per heavy atom. The van der Waals surface area contributed by atoms with E-state index in [2.05, 4.69) is 9.97 Å². The number of aromatic amines is 1. The average Bonchev–Trinajstić information content (AvgIpc) is 3.14. The standard InChI is InChI=1S/C12H13N5O7/c18-4-8-7(19)1-10(24-8)16-2-6(11(20)14-12(16)21)15-3-9(13-5-15)17(22)23/h2-3,5,7-8,10,18-19H,1,4H2,(H,14,20,21)/t7?,8-,10-/m0/s1. The van der Waals surface area contributed by atoms with Crippen molar-refractivity contribution in [2.75, 3.05) is 6.61 Å². The number of hydrogen-bond donors (Lipinski definition) is 3. The molecule has 0 radical (unpaired) electrons. The number of hydrogen-bond acceptors (Lipinski definition) is 8. The Bertz CT molecular complexity index is 884. The van der Waals surface area contributed by atoms with Crippen LogP contribution in [0.25, 0.3) is 5.69 Å². The van der Waals surface area contributed by atoms with Crippen molar-refractivity contribution < 1.29 is 19.9 Å². The first-order chi connectivity index (χ1) is 11.4. The molecule has 2 aromatic heterocycles. The minimum absolute atomic E-state index is 0.0424. The number of rotatable bonds is 4. The predicted molar refractivity (Wildman–Crippen MR) is 76.7 cm³/mol. The largest absolute Gasteiger partial charge is 0.394 e. The number of imidazole rings is 1. The molecule has 1 aliphatic heterocycles. The number of aromatic nitrogens is 4. The zero-order chi connectivity index (χ0) is 17.4. The topological polar surface area (TPSA) is 166 Å². The molecule has 3 N–H and O–H groups in total. The first-order valence-corrected chi connectivity index (χ1v) is 6.89. The number of nitrogens with one attached hydrogen (secondary N) is 1. The van der Waals surface area contributed by atoms with Gasteiger partial charge in [-0.1, -0.05) is 0 Å². The van der Waals surface area contributed by atoms with Crippen LogP contribution in [0.3, 0.4) is 0 Å². The maximum Gasteiger partial charge on any atom is 0.381 e. The van der Waals surface area contributed by atoms with Crippen LogP contribution in [0.1, 0.15) is 12.6 Å². The summed E-state index contributed by atoms with van der Waals surface area (Å²) in [5, 5.41) is 29.5. The van der Waals surface area contributed by atoms with Gasteiger partial charge >= 0.3 is 11.5 Å². The summed E-state index contributed by atoms with van der Waals surface area (Å²) in [7, 11) is 0. The number of nitrogens with zero attached hydrogens (tertiary/aromatic N) is 4. The second-order valence-electron chi connectivity index (χ2n) is 5.19. The van der Waals surface area contributed by atoms with Gasteiger partial charge in [0, 0.05) is 12.6 Å². The van der Waals surface area contributed by atoms with E-state index in [4.69, 9.17) is 9.84 Å². The highest BCUT2D eigenvalue weighted by molar-refractivity contribution is 5.29. The third kappa shape index (κ3) is 2.73. The summed E-state index contributed by atoms with van der Waals surface area (Å²) < 4.78 is 7.51. The monoisotopic (exact) mass is 339 g/mol. The fourth-order valence-corrected chi connectivity index (χ4v) is 2.46. The molecule has 12 heteroatoms. The smallest absolute Gasteiger partial charge is 0.381 e. The molecule has 1 aliphatic rings. The van der Waals surface area contributed by atoms with E-state index in [1.807, 2.05) is 0 Å². The van der Waals surface area contributed by atoms with Crippen molar-refractivity contribution in [1.29, 1.82) is 0 Å². The fraction of sp³-hybridized carbons (Fsp3) is 0.417. The molecule has 3 heterocycles. The SMILES string of the molecule is O=c1[nH]c(=O)n([C@@H]2CC(O)[C@H](CO)O2)cc1-n1cnc([N+](=O)[O-])c1. The van der Waals surface area contributed by atoms with Gasteiger partial charge in [-0.15, -0.1) is 0 Å². The van der Waals surface area contributed by atoms with E-state index in [9.17, 15) is 24.8 Å². The van der Waals surface area contributed by atoms with Crippen molar-refractivity contribution in [3.63, 3.8) is 0 Å². The zero-order valence-corrected chi connectivity index (χ0v) is 12.1. The van der Waals surface area contributed by atoms with Crippen LogP contribution in [-0.2, 0) is 4.74 Å². The van der Waals surface area contributed by atoms with Crippen LogP contribution in [0.4, 0.5) is 5.82 Å². The average molecular weight is 339 g/mol. The van der Waals surface area contributed by atoms with Crippen molar-refractivity contribution in [2.24, 2.45) is 0 Å². The van der Waals surface area contributed by atoms with Crippen LogP contribution in [0, 0.1) is 10.1 Å². The molecule has 0 bridgehead atoms. The van der Waals surface area contributed by atoms with Gasteiger partial charge in [0.15, 0.2) is 0 Å². The van der Waals surface area contributed by atoms with Gasteiger partial charge in [-0.05, 0) is 9.91 Å². The van der Waals surface area contributed by atoms with Crippen LogP contribution in [0.15, 0.2) is 28.3 Å². The molecule has 24 heavy (non-hydrogen) atoms. The highest BCUT2D eigenvalue weighted by Gasteiger charge is 2.35. The maximum absolute atomic E-state index is 12.0. The third-order valence-corrected chi connectivity index (χ3v) is 3.68. The van der Waals surface area contributed by atoms with Gasteiger partial charge in [0.1, 0.15) is 24.2 Å². The molecule has 0 aliphatic carbocycles. The molecule has 0 amide bonds. The molecule has 3 atom stereocenters. The van der Waals surface area contributed by atoms with E-state index in [0.29, 0.717) is 0 Å². The van der Waals surface area contributed by atoms with E-state index < -0.39 is 47.0 Å². The Morgan fingerprint density at radius 2 is 2.21 bits per heavy atom. The second-order valence-corrected chi connectivity index (χ2v) is 5.19. The van der Waals surface area contributed by atoms with Crippen molar-refractivity contribution in [3.05, 3.63) is 49.7 Å². The zero-order valence-electron chi connectivity index (χ0n) is 12.1. The number of ether oxygens (including phenoxy) is 1. The highest BCUT2D eigenvalue weighted by Crippen LogP contribution is 2.27. The summed E-state index contributed by atoms with van der Waals surface area (Å²) in [6, 6.07) is 0. The predicted octanol–water partition coefficient (Wildman–Crippen LogP) is -1.73. The normalized spacial score (nSPS) is 23.5. The molecule has 3 rings (SSSR count). The van der Waals surface area contributed by atoms with E-state index >= 15 is 0 Å². The molecule has 0 aromatic carbocycles. The summed E-state index contributed by atoms with van der Waals surface area (Å²) in [5.41, 5.74) is -1.62. The van der Waals surface area contributed by atoms with Gasteiger partial charge in [0.05, 0.1) is 12.7 Å². The minimum atomic E-state index is -0.961. The van der Waals surface area contributed by atoms with Crippen molar-refractivity contribution in [2.45, 2.75) is 24.9 Å². The van der Waals surface area contributed by atoms with E-state index in [0.717, 1.165) is 27.9 Å². The van der Waals surface area contributed by atoms with Crippen molar-refractivity contribution in [3.8, 4) is 5.69 Å². The van der Waals surface area contributed by atoms with Gasteiger partial charge in [-0.2, -0.15) is 0 Å². The summed E-state index contributed by atoms with van der Waals surface area (Å²) in [6.45, 7) is -0.420. The highest BCUT2D eigenvalue weighted by atomic mass is 16.6. The van der Waals surface area contributed by atoms with Crippen LogP contribution in [0.2, 0.25) is 0 Å². The molecular weight excluding hydrogens is 326 g/mol. The number of aliphatic hydroxyl groups excluding tert-OH is 2. The van der Waals surface area contributed by atoms with Crippen LogP contribution < -0.4 is 11.2 Å². The molecule has 1 saturated heterocycles. The molecule has 0 spiro atoms. The fourth-order valence-electron chi connectivity index (χ4n) is 2.46. The lowest BCUT2D eigenvalue weighted by molar-refractivity contribution is -0.389. The van der Waals surface area contributed by atoms with Crippen LogP contribution >= 0.6 is 0 Å². The third-order valence-electron chi connectivity index (χ3n) is 3.68. The van der Waals surface area contributed by atoms with Crippen LogP contribution in [-0.4, -0.2) is 53.1 Å². The van der Waals surface area contributed by atoms with E-state index in [1.165, 1.54) is 0 Å². The summed E-state index contributed by atoms with van der Waals surface area (Å²) in [6.07, 6.45) is 0.602. The Labute approximate surface area is 132 Å². The molecular formula is C12H13N5O7. The Kier molecular flexibility index (Phi) is 4.01. The Morgan fingerprint density at radius 1 is 1.46 bits per heavy atom. The molecule has 0 saturated carbocycles. The Balaban J connectivity index is 2.02. The van der Waals surface area contributed by atoms with Gasteiger partial charge in [-0.3, -0.25) is 18.9 Å². The molecule has 128 valence electrons. The van der Waals surface area contributed by atoms with Gasteiger partial charge in [0.2, 0.25) is 6.33 Å². The van der Waals surface area contributed by atoms with E-state index in [-0.39, 0.29) is 12.1 Å². The van der Waals surface area contributed by atoms with Gasteiger partial charge in [0.25, 0.3) is 5.56 Å². The Hall–Kier alpha value is -2.83. The first kappa shape index (κ1) is 16.0. The number of aliphatic hydroxyl groups is 2. The molecule has 1 unspecified atom stereocenters. The lowest BCUT2D eigenvalue weighted by atomic mass is 10.2. The summed E-state index contributed by atoms with van der Waals surface area (Å²) >= 11 is 0. The maximum atomic E-state index is 12.0. The molecule has 1 fully saturated rings. The second kappa shape index (κ2) is 5.99. The molecule has 12 nitrogen and oxygen atoms in total. The quantitative estimate of drug-likeness (QED) is 0.436. The van der Waals surface area contributed by atoms with E-state index in [1.54, 1.807) is 0 Å². The summed E-state index contributed by atoms with van der Waals surface area (Å²) in [5.74, 6) is -0.458. The lowest BCUT2D eigenvalue weighted by Gasteiger charge is -2.15. The van der Waals surface area contributed by atoms with Crippen molar-refractivity contribution in [1.82, 2.24) is 19.1 Å². The first-order valence-electron chi connectivity index (χ1n) is 6.89. The van der Waals surface area contributed by atoms with Gasteiger partial charge in [-0.25, -0.2) is 4.79 Å².